The SMILES string of the molecule is CCCNCCCc1nnc(CCCc2cccs2)s1. The van der Waals surface area contributed by atoms with E-state index in [4.69, 9.17) is 0 Å². The lowest BCUT2D eigenvalue weighted by Crippen LogP contribution is -2.16. The van der Waals surface area contributed by atoms with Crippen molar-refractivity contribution in [3.8, 4) is 0 Å². The van der Waals surface area contributed by atoms with Gasteiger partial charge in [-0.2, -0.15) is 0 Å². The highest BCUT2D eigenvalue weighted by atomic mass is 32.1. The van der Waals surface area contributed by atoms with Gasteiger partial charge in [0.15, 0.2) is 0 Å². The van der Waals surface area contributed by atoms with Crippen LogP contribution in [0.15, 0.2) is 17.5 Å². The Morgan fingerprint density at radius 3 is 2.55 bits per heavy atom. The van der Waals surface area contributed by atoms with Gasteiger partial charge in [0.1, 0.15) is 10.0 Å². The number of rotatable bonds is 10. The molecule has 2 aromatic rings. The molecule has 0 atom stereocenters. The van der Waals surface area contributed by atoms with Crippen LogP contribution in [-0.4, -0.2) is 23.3 Å². The third kappa shape index (κ3) is 5.69. The summed E-state index contributed by atoms with van der Waals surface area (Å²) in [6.45, 7) is 4.39. The molecule has 0 bridgehead atoms. The summed E-state index contributed by atoms with van der Waals surface area (Å²) in [5, 5.41) is 16.5. The second-order valence-corrected chi connectivity index (χ2v) is 7.05. The molecule has 0 radical (unpaired) electrons. The van der Waals surface area contributed by atoms with E-state index in [1.165, 1.54) is 27.7 Å². The lowest BCUT2D eigenvalue weighted by atomic mass is 10.2. The summed E-state index contributed by atoms with van der Waals surface area (Å²) in [5.41, 5.74) is 0. The monoisotopic (exact) mass is 309 g/mol. The minimum absolute atomic E-state index is 1.05. The van der Waals surface area contributed by atoms with Gasteiger partial charge in [-0.15, -0.1) is 32.9 Å². The van der Waals surface area contributed by atoms with E-state index in [0.717, 1.165) is 38.8 Å². The van der Waals surface area contributed by atoms with Gasteiger partial charge in [-0.3, -0.25) is 0 Å². The Kier molecular flexibility index (Phi) is 7.19. The van der Waals surface area contributed by atoms with E-state index in [2.05, 4.69) is 40.0 Å². The maximum absolute atomic E-state index is 4.30. The van der Waals surface area contributed by atoms with Crippen LogP contribution in [0, 0.1) is 0 Å². The molecule has 0 spiro atoms. The molecule has 0 aliphatic rings. The number of thiophene rings is 1. The van der Waals surface area contributed by atoms with Crippen LogP contribution in [0.3, 0.4) is 0 Å². The molecule has 0 saturated carbocycles. The van der Waals surface area contributed by atoms with Crippen molar-refractivity contribution in [1.82, 2.24) is 15.5 Å². The highest BCUT2D eigenvalue weighted by Crippen LogP contribution is 2.16. The van der Waals surface area contributed by atoms with E-state index in [-0.39, 0.29) is 0 Å². The zero-order valence-corrected chi connectivity index (χ0v) is 13.7. The number of nitrogens with one attached hydrogen (secondary N) is 1. The summed E-state index contributed by atoms with van der Waals surface area (Å²) < 4.78 is 0. The number of aryl methyl sites for hydroxylation is 3. The third-order valence-electron chi connectivity index (χ3n) is 3.07. The van der Waals surface area contributed by atoms with Gasteiger partial charge < -0.3 is 5.32 Å². The topological polar surface area (TPSA) is 37.8 Å². The molecule has 0 aliphatic heterocycles. The minimum Gasteiger partial charge on any atom is -0.317 e. The van der Waals surface area contributed by atoms with E-state index < -0.39 is 0 Å². The Morgan fingerprint density at radius 1 is 1.05 bits per heavy atom. The van der Waals surface area contributed by atoms with Crippen molar-refractivity contribution in [3.63, 3.8) is 0 Å². The van der Waals surface area contributed by atoms with Gasteiger partial charge in [0.2, 0.25) is 0 Å². The molecule has 5 heteroatoms. The molecule has 0 aromatic carbocycles. The predicted molar refractivity (Wildman–Crippen MR) is 87.7 cm³/mol. The fraction of sp³-hybridized carbons (Fsp3) is 0.600. The van der Waals surface area contributed by atoms with Crippen LogP contribution in [0.2, 0.25) is 0 Å². The maximum atomic E-state index is 4.30. The van der Waals surface area contributed by atoms with Crippen molar-refractivity contribution in [2.24, 2.45) is 0 Å². The largest absolute Gasteiger partial charge is 0.317 e. The van der Waals surface area contributed by atoms with Gasteiger partial charge in [-0.05, 0) is 50.2 Å². The Bertz CT molecular complexity index is 465. The van der Waals surface area contributed by atoms with Crippen LogP contribution in [0.4, 0.5) is 0 Å². The minimum atomic E-state index is 1.05. The zero-order chi connectivity index (χ0) is 14.0. The fourth-order valence-electron chi connectivity index (χ4n) is 2.03. The first-order chi connectivity index (χ1) is 9.88. The van der Waals surface area contributed by atoms with E-state index in [9.17, 15) is 0 Å². The van der Waals surface area contributed by atoms with Crippen molar-refractivity contribution >= 4 is 22.7 Å². The molecule has 3 nitrogen and oxygen atoms in total. The Morgan fingerprint density at radius 2 is 1.85 bits per heavy atom. The van der Waals surface area contributed by atoms with Crippen LogP contribution in [0.5, 0.6) is 0 Å². The molecule has 20 heavy (non-hydrogen) atoms. The van der Waals surface area contributed by atoms with Gasteiger partial charge in [0.05, 0.1) is 0 Å². The summed E-state index contributed by atoms with van der Waals surface area (Å²) in [7, 11) is 0. The number of aromatic nitrogens is 2. The summed E-state index contributed by atoms with van der Waals surface area (Å²) in [6.07, 6.45) is 6.81. The molecule has 2 heterocycles. The Labute approximate surface area is 129 Å². The summed E-state index contributed by atoms with van der Waals surface area (Å²) in [4.78, 5) is 1.47. The molecule has 0 unspecified atom stereocenters. The van der Waals surface area contributed by atoms with Gasteiger partial charge in [0.25, 0.3) is 0 Å². The predicted octanol–water partition coefficient (Wildman–Crippen LogP) is 3.71. The molecule has 0 fully saturated rings. The quantitative estimate of drug-likeness (QED) is 0.680. The molecular weight excluding hydrogens is 286 g/mol. The van der Waals surface area contributed by atoms with Crippen LogP contribution >= 0.6 is 22.7 Å². The lowest BCUT2D eigenvalue weighted by Gasteiger charge is -1.99. The van der Waals surface area contributed by atoms with E-state index in [0.29, 0.717) is 0 Å². The van der Waals surface area contributed by atoms with Crippen LogP contribution in [0.1, 0.15) is 41.1 Å². The first-order valence-corrected chi connectivity index (χ1v) is 9.12. The van der Waals surface area contributed by atoms with Gasteiger partial charge in [0, 0.05) is 17.7 Å². The van der Waals surface area contributed by atoms with Crippen LogP contribution < -0.4 is 5.32 Å². The van der Waals surface area contributed by atoms with Crippen molar-refractivity contribution in [1.29, 1.82) is 0 Å². The average molecular weight is 310 g/mol. The second kappa shape index (κ2) is 9.21. The lowest BCUT2D eigenvalue weighted by molar-refractivity contribution is 0.637. The standard InChI is InChI=1S/C15H23N3S2/c1-2-10-16-11-4-9-15-18-17-14(20-15)8-3-6-13-7-5-12-19-13/h5,7,12,16H,2-4,6,8-11H2,1H3. The first kappa shape index (κ1) is 15.6. The molecule has 0 amide bonds. The Hall–Kier alpha value is -0.780. The van der Waals surface area contributed by atoms with Crippen molar-refractivity contribution in [2.45, 2.75) is 45.4 Å². The van der Waals surface area contributed by atoms with Crippen molar-refractivity contribution < 1.29 is 0 Å². The second-order valence-electron chi connectivity index (χ2n) is 4.88. The van der Waals surface area contributed by atoms with Gasteiger partial charge in [-0.25, -0.2) is 0 Å². The molecule has 110 valence electrons. The van der Waals surface area contributed by atoms with Crippen LogP contribution in [-0.2, 0) is 19.3 Å². The molecule has 2 rings (SSSR count). The fourth-order valence-corrected chi connectivity index (χ4v) is 3.70. The van der Waals surface area contributed by atoms with Crippen LogP contribution in [0.25, 0.3) is 0 Å². The number of hydrogen-bond donors (Lipinski definition) is 1. The number of hydrogen-bond acceptors (Lipinski definition) is 5. The average Bonchev–Trinajstić information content (AvgIpc) is 3.11. The maximum Gasteiger partial charge on any atom is 0.117 e. The van der Waals surface area contributed by atoms with E-state index in [1.807, 2.05) is 11.3 Å². The molecule has 2 aromatic heterocycles. The smallest absolute Gasteiger partial charge is 0.117 e. The summed E-state index contributed by atoms with van der Waals surface area (Å²) >= 11 is 3.63. The van der Waals surface area contributed by atoms with E-state index >= 15 is 0 Å². The van der Waals surface area contributed by atoms with Crippen molar-refractivity contribution in [3.05, 3.63) is 32.4 Å². The highest BCUT2D eigenvalue weighted by Gasteiger charge is 2.04. The first-order valence-electron chi connectivity index (χ1n) is 7.43. The highest BCUT2D eigenvalue weighted by molar-refractivity contribution is 7.11. The molecule has 1 N–H and O–H groups in total. The third-order valence-corrected chi connectivity index (χ3v) is 5.05. The van der Waals surface area contributed by atoms with Gasteiger partial charge in [-0.1, -0.05) is 13.0 Å². The summed E-state index contributed by atoms with van der Waals surface area (Å²) in [5.74, 6) is 0. The van der Waals surface area contributed by atoms with Gasteiger partial charge >= 0.3 is 0 Å². The van der Waals surface area contributed by atoms with Crippen molar-refractivity contribution in [2.75, 3.05) is 13.1 Å². The molecular formula is C15H23N3S2. The molecule has 0 saturated heterocycles. The molecule has 0 aliphatic carbocycles. The van der Waals surface area contributed by atoms with E-state index in [1.54, 1.807) is 11.3 Å². The summed E-state index contributed by atoms with van der Waals surface area (Å²) in [6, 6.07) is 4.33. The zero-order valence-electron chi connectivity index (χ0n) is 12.1. The number of nitrogens with zero attached hydrogens (tertiary/aromatic N) is 2. The normalized spacial score (nSPS) is 11.1. The Balaban J connectivity index is 1.61.